The van der Waals surface area contributed by atoms with Crippen LogP contribution in [0.5, 0.6) is 0 Å². The van der Waals surface area contributed by atoms with Gasteiger partial charge in [-0.1, -0.05) is 57.2 Å². The summed E-state index contributed by atoms with van der Waals surface area (Å²) in [4.78, 5) is 12.9. The third kappa shape index (κ3) is 7.96. The molecule has 0 fully saturated rings. The lowest BCUT2D eigenvalue weighted by atomic mass is 9.82. The van der Waals surface area contributed by atoms with Gasteiger partial charge in [0.2, 0.25) is 0 Å². The van der Waals surface area contributed by atoms with E-state index in [4.69, 9.17) is 0 Å². The van der Waals surface area contributed by atoms with Crippen LogP contribution in [0.15, 0.2) is 66.7 Å². The van der Waals surface area contributed by atoms with Gasteiger partial charge in [0.25, 0.3) is 5.91 Å². The van der Waals surface area contributed by atoms with Gasteiger partial charge >= 0.3 is 0 Å². The largest absolute Gasteiger partial charge is 0.349 e. The Balaban J connectivity index is 1.45. The first kappa shape index (κ1) is 27.0. The van der Waals surface area contributed by atoms with Gasteiger partial charge in [0.05, 0.1) is 0 Å². The number of hydrogen-bond donors (Lipinski definition) is 2. The van der Waals surface area contributed by atoms with Crippen LogP contribution in [0.2, 0.25) is 0 Å². The fourth-order valence-corrected chi connectivity index (χ4v) is 5.31. The van der Waals surface area contributed by atoms with Crippen LogP contribution in [-0.4, -0.2) is 18.5 Å². The molecule has 0 bridgehead atoms. The van der Waals surface area contributed by atoms with Crippen molar-refractivity contribution in [3.8, 4) is 0 Å². The fourth-order valence-electron chi connectivity index (χ4n) is 5.31. The van der Waals surface area contributed by atoms with Crippen LogP contribution in [0, 0.1) is 17.0 Å². The number of halogens is 2. The van der Waals surface area contributed by atoms with Crippen molar-refractivity contribution in [2.45, 2.75) is 71.4 Å². The first-order chi connectivity index (χ1) is 17.7. The number of aryl methyl sites for hydroxylation is 1. The van der Waals surface area contributed by atoms with Gasteiger partial charge in [-0.3, -0.25) is 4.79 Å². The lowest BCUT2D eigenvalue weighted by Gasteiger charge is -2.29. The van der Waals surface area contributed by atoms with Crippen LogP contribution in [0.4, 0.5) is 8.78 Å². The normalized spacial score (nSPS) is 16.2. The molecule has 2 atom stereocenters. The standard InChI is InChI=1S/C32H38F2N2O/c1-32(2,3)21-22-12-13-24-10-7-11-30(29(24)19-22)35-15-14-28(18-23-16-26(33)20-27(34)17-23)36-31(37)25-8-5-4-6-9-25/h4-6,8-9,12-13,16-17,19-20,28,30,35H,7,10-11,14-15,18,21H2,1-3H3,(H,36,37). The minimum atomic E-state index is -0.605. The molecule has 2 unspecified atom stereocenters. The summed E-state index contributed by atoms with van der Waals surface area (Å²) in [6.07, 6.45) is 5.34. The van der Waals surface area contributed by atoms with Gasteiger partial charge in [0, 0.05) is 23.7 Å². The van der Waals surface area contributed by atoms with Gasteiger partial charge in [-0.25, -0.2) is 8.78 Å². The van der Waals surface area contributed by atoms with Crippen molar-refractivity contribution in [2.75, 3.05) is 6.54 Å². The maximum atomic E-state index is 13.8. The summed E-state index contributed by atoms with van der Waals surface area (Å²) in [7, 11) is 0. The molecule has 0 aliphatic heterocycles. The van der Waals surface area contributed by atoms with Crippen LogP contribution in [0.3, 0.4) is 0 Å². The lowest BCUT2D eigenvalue weighted by Crippen LogP contribution is -2.39. The van der Waals surface area contributed by atoms with Crippen molar-refractivity contribution in [3.05, 3.63) is 106 Å². The van der Waals surface area contributed by atoms with Gasteiger partial charge in [-0.15, -0.1) is 0 Å². The van der Waals surface area contributed by atoms with Crippen molar-refractivity contribution in [3.63, 3.8) is 0 Å². The van der Waals surface area contributed by atoms with E-state index in [1.165, 1.54) is 28.8 Å². The maximum absolute atomic E-state index is 13.8. The van der Waals surface area contributed by atoms with Crippen LogP contribution in [0.25, 0.3) is 0 Å². The average Bonchev–Trinajstić information content (AvgIpc) is 2.83. The van der Waals surface area contributed by atoms with Crippen molar-refractivity contribution < 1.29 is 13.6 Å². The van der Waals surface area contributed by atoms with Gasteiger partial charge in [0.15, 0.2) is 0 Å². The summed E-state index contributed by atoms with van der Waals surface area (Å²) in [5, 5.41) is 6.81. The number of fused-ring (bicyclic) bond motifs is 1. The molecule has 0 radical (unpaired) electrons. The number of amides is 1. The SMILES string of the molecule is CC(C)(C)Cc1ccc2c(c1)C(NCCC(Cc1cc(F)cc(F)c1)NC(=O)c1ccccc1)CCC2. The molecular weight excluding hydrogens is 466 g/mol. The Morgan fingerprint density at radius 1 is 0.973 bits per heavy atom. The summed E-state index contributed by atoms with van der Waals surface area (Å²) in [6.45, 7) is 7.47. The highest BCUT2D eigenvalue weighted by Crippen LogP contribution is 2.32. The van der Waals surface area contributed by atoms with E-state index in [0.29, 0.717) is 30.5 Å². The van der Waals surface area contributed by atoms with E-state index in [1.807, 2.05) is 18.2 Å². The first-order valence-corrected chi connectivity index (χ1v) is 13.3. The van der Waals surface area contributed by atoms with Crippen LogP contribution in [-0.2, 0) is 19.3 Å². The Hall–Kier alpha value is -3.05. The van der Waals surface area contributed by atoms with Crippen molar-refractivity contribution in [1.82, 2.24) is 10.6 Å². The zero-order valence-electron chi connectivity index (χ0n) is 22.1. The Bertz CT molecular complexity index is 1180. The second-order valence-electron chi connectivity index (χ2n) is 11.5. The van der Waals surface area contributed by atoms with E-state index in [9.17, 15) is 13.6 Å². The molecule has 0 spiro atoms. The topological polar surface area (TPSA) is 41.1 Å². The highest BCUT2D eigenvalue weighted by atomic mass is 19.1. The number of hydrogen-bond acceptors (Lipinski definition) is 2. The van der Waals surface area contributed by atoms with Crippen molar-refractivity contribution in [2.24, 2.45) is 5.41 Å². The molecule has 1 aliphatic carbocycles. The third-order valence-corrected chi connectivity index (χ3v) is 6.92. The molecule has 5 heteroatoms. The number of benzene rings is 3. The summed E-state index contributed by atoms with van der Waals surface area (Å²) in [5.41, 5.74) is 5.48. The Morgan fingerprint density at radius 2 is 1.70 bits per heavy atom. The van der Waals surface area contributed by atoms with E-state index in [1.54, 1.807) is 12.1 Å². The minimum Gasteiger partial charge on any atom is -0.349 e. The van der Waals surface area contributed by atoms with Crippen molar-refractivity contribution in [1.29, 1.82) is 0 Å². The Labute approximate surface area is 219 Å². The predicted molar refractivity (Wildman–Crippen MR) is 146 cm³/mol. The predicted octanol–water partition coefficient (Wildman–Crippen LogP) is 6.95. The molecule has 0 saturated carbocycles. The molecule has 0 heterocycles. The van der Waals surface area contributed by atoms with Gasteiger partial charge in [-0.2, -0.15) is 0 Å². The smallest absolute Gasteiger partial charge is 0.251 e. The Kier molecular flexibility index (Phi) is 8.75. The number of rotatable bonds is 9. The molecule has 0 saturated heterocycles. The second-order valence-corrected chi connectivity index (χ2v) is 11.5. The molecular formula is C32H38F2N2O. The molecule has 3 aromatic carbocycles. The fraction of sp³-hybridized carbons (Fsp3) is 0.406. The highest BCUT2D eigenvalue weighted by Gasteiger charge is 2.22. The van der Waals surface area contributed by atoms with Gasteiger partial charge in [0.1, 0.15) is 11.6 Å². The zero-order valence-corrected chi connectivity index (χ0v) is 22.1. The summed E-state index contributed by atoms with van der Waals surface area (Å²) in [6, 6.07) is 19.5. The van der Waals surface area contributed by atoms with Crippen molar-refractivity contribution >= 4 is 5.91 Å². The van der Waals surface area contributed by atoms with Crippen LogP contribution in [0.1, 0.15) is 78.7 Å². The first-order valence-electron chi connectivity index (χ1n) is 13.3. The van der Waals surface area contributed by atoms with Gasteiger partial charge in [-0.05, 0) is 97.0 Å². The minimum absolute atomic E-state index is 0.183. The lowest BCUT2D eigenvalue weighted by molar-refractivity contribution is 0.0934. The number of carbonyl (C=O) groups is 1. The number of nitrogens with one attached hydrogen (secondary N) is 2. The van der Waals surface area contributed by atoms with E-state index in [-0.39, 0.29) is 23.4 Å². The van der Waals surface area contributed by atoms with E-state index < -0.39 is 11.6 Å². The quantitative estimate of drug-likeness (QED) is 0.331. The van der Waals surface area contributed by atoms with E-state index >= 15 is 0 Å². The molecule has 0 aromatic heterocycles. The summed E-state index contributed by atoms with van der Waals surface area (Å²) in [5.74, 6) is -1.39. The maximum Gasteiger partial charge on any atom is 0.251 e. The summed E-state index contributed by atoms with van der Waals surface area (Å²) < 4.78 is 27.7. The molecule has 37 heavy (non-hydrogen) atoms. The van der Waals surface area contributed by atoms with Crippen LogP contribution >= 0.6 is 0 Å². The second kappa shape index (κ2) is 12.0. The van der Waals surface area contributed by atoms with Crippen LogP contribution < -0.4 is 10.6 Å². The van der Waals surface area contributed by atoms with Gasteiger partial charge < -0.3 is 10.6 Å². The Morgan fingerprint density at radius 3 is 2.41 bits per heavy atom. The zero-order chi connectivity index (χ0) is 26.4. The molecule has 3 aromatic rings. The monoisotopic (exact) mass is 504 g/mol. The third-order valence-electron chi connectivity index (χ3n) is 6.92. The van der Waals surface area contributed by atoms with E-state index in [2.05, 4.69) is 49.6 Å². The van der Waals surface area contributed by atoms with E-state index in [0.717, 1.165) is 31.7 Å². The average molecular weight is 505 g/mol. The number of carbonyl (C=O) groups excluding carboxylic acids is 1. The molecule has 2 N–H and O–H groups in total. The molecule has 196 valence electrons. The molecule has 1 aliphatic rings. The molecule has 3 nitrogen and oxygen atoms in total. The summed E-state index contributed by atoms with van der Waals surface area (Å²) >= 11 is 0. The molecule has 1 amide bonds. The highest BCUT2D eigenvalue weighted by molar-refractivity contribution is 5.94. The molecule has 4 rings (SSSR count).